The van der Waals surface area contributed by atoms with Gasteiger partial charge in [-0.25, -0.2) is 0 Å². The number of hydrogen-bond donors (Lipinski definition) is 0. The van der Waals surface area contributed by atoms with Crippen molar-refractivity contribution in [3.8, 4) is 44.9 Å². The lowest BCUT2D eigenvalue weighted by atomic mass is 9.99. The van der Waals surface area contributed by atoms with Crippen LogP contribution < -0.4 is 0 Å². The fourth-order valence-corrected chi connectivity index (χ4v) is 6.85. The van der Waals surface area contributed by atoms with Crippen molar-refractivity contribution in [3.05, 3.63) is 131 Å². The van der Waals surface area contributed by atoms with E-state index in [0.29, 0.717) is 10.7 Å². The van der Waals surface area contributed by atoms with Gasteiger partial charge in [0.1, 0.15) is 0 Å². The fourth-order valence-electron chi connectivity index (χ4n) is 5.53. The molecule has 45 heavy (non-hydrogen) atoms. The Hall–Kier alpha value is -3.78. The number of hydrogen-bond acceptors (Lipinski definition) is 5. The third kappa shape index (κ3) is 6.62. The highest BCUT2D eigenvalue weighted by atomic mass is 79.9. The number of benzene rings is 4. The highest BCUT2D eigenvalue weighted by molar-refractivity contribution is 9.08. The molecular weight excluding hydrogens is 692 g/mol. The van der Waals surface area contributed by atoms with Crippen LogP contribution in [0.5, 0.6) is 0 Å². The molecule has 2 atom stereocenters. The van der Waals surface area contributed by atoms with Gasteiger partial charge < -0.3 is 13.8 Å². The molecule has 0 saturated heterocycles. The Labute approximate surface area is 280 Å². The maximum absolute atomic E-state index is 6.45. The van der Waals surface area contributed by atoms with Gasteiger partial charge in [-0.15, -0.1) is 0 Å². The number of halogens is 2. The summed E-state index contributed by atoms with van der Waals surface area (Å²) < 4.78 is 17.6. The number of aryl methyl sites for hydroxylation is 2. The molecule has 0 fully saturated rings. The lowest BCUT2D eigenvalue weighted by Crippen LogP contribution is -2.05. The van der Waals surface area contributed by atoms with Gasteiger partial charge in [0.15, 0.2) is 11.5 Å². The minimum Gasteiger partial charge on any atom is -0.366 e. The van der Waals surface area contributed by atoms with E-state index in [1.165, 1.54) is 0 Å². The minimum absolute atomic E-state index is 0.0508. The molecule has 0 spiro atoms. The number of aromatic nitrogens is 2. The molecule has 0 bridgehead atoms. The Kier molecular flexibility index (Phi) is 9.50. The summed E-state index contributed by atoms with van der Waals surface area (Å²) in [6.07, 6.45) is -0.102. The summed E-state index contributed by atoms with van der Waals surface area (Å²) in [6, 6.07) is 34.1. The summed E-state index contributed by atoms with van der Waals surface area (Å²) in [5, 5.41) is 9.67. The van der Waals surface area contributed by atoms with Crippen LogP contribution in [0.25, 0.3) is 44.9 Å². The Morgan fingerprint density at radius 1 is 0.511 bits per heavy atom. The minimum atomic E-state index is -0.0508. The highest BCUT2D eigenvalue weighted by Gasteiger charge is 2.16. The van der Waals surface area contributed by atoms with E-state index in [2.05, 4.69) is 153 Å². The molecular formula is C38H34Br2N2O3. The second-order valence-electron chi connectivity index (χ2n) is 11.2. The van der Waals surface area contributed by atoms with Crippen LogP contribution in [0, 0.1) is 13.8 Å². The van der Waals surface area contributed by atoms with E-state index in [-0.39, 0.29) is 12.2 Å². The van der Waals surface area contributed by atoms with Crippen molar-refractivity contribution in [2.45, 2.75) is 50.6 Å². The first-order chi connectivity index (χ1) is 21.9. The molecule has 6 aromatic rings. The van der Waals surface area contributed by atoms with Gasteiger partial charge in [-0.3, -0.25) is 0 Å². The predicted octanol–water partition coefficient (Wildman–Crippen LogP) is 11.6. The first-order valence-electron chi connectivity index (χ1n) is 15.0. The van der Waals surface area contributed by atoms with E-state index in [0.717, 1.165) is 78.5 Å². The number of nitrogens with zero attached hydrogens (tertiary/aromatic N) is 2. The monoisotopic (exact) mass is 724 g/mol. The Bertz CT molecular complexity index is 1740. The first kappa shape index (κ1) is 31.2. The topological polar surface area (TPSA) is 61.3 Å². The van der Waals surface area contributed by atoms with E-state index in [9.17, 15) is 0 Å². The second kappa shape index (κ2) is 13.7. The van der Waals surface area contributed by atoms with Crippen LogP contribution in [0.4, 0.5) is 0 Å². The van der Waals surface area contributed by atoms with Crippen LogP contribution in [0.1, 0.15) is 59.7 Å². The molecule has 0 amide bonds. The molecule has 228 valence electrons. The summed E-state index contributed by atoms with van der Waals surface area (Å²) in [5.41, 5.74) is 12.9. The standard InChI is InChI=1S/C38H34Br2N2O3/c1-23-35(21-39)37(44-41-23)33-17-13-31(14-18-33)29-9-5-27(6-10-29)25(3)43-26(4)28-7-11-30(12-8-28)32-15-19-34(20-16-32)38-36(22-40)24(2)42-45-38/h5-20,25-26H,21-22H2,1-4H3. The van der Waals surface area contributed by atoms with Crippen LogP contribution in [0.3, 0.4) is 0 Å². The van der Waals surface area contributed by atoms with Gasteiger partial charge in [0.25, 0.3) is 0 Å². The van der Waals surface area contributed by atoms with Crippen LogP contribution in [-0.2, 0) is 15.4 Å². The molecule has 7 heteroatoms. The third-order valence-corrected chi connectivity index (χ3v) is 9.49. The summed E-state index contributed by atoms with van der Waals surface area (Å²) in [7, 11) is 0. The van der Waals surface area contributed by atoms with Crippen molar-refractivity contribution in [3.63, 3.8) is 0 Å². The zero-order valence-corrected chi connectivity index (χ0v) is 28.9. The predicted molar refractivity (Wildman–Crippen MR) is 187 cm³/mol. The van der Waals surface area contributed by atoms with Crippen LogP contribution >= 0.6 is 31.9 Å². The van der Waals surface area contributed by atoms with Gasteiger partial charge in [-0.05, 0) is 61.1 Å². The molecule has 2 unspecified atom stereocenters. The molecule has 2 aromatic heterocycles. The molecule has 2 heterocycles. The van der Waals surface area contributed by atoms with Crippen molar-refractivity contribution in [1.82, 2.24) is 10.3 Å². The summed E-state index contributed by atoms with van der Waals surface area (Å²) in [6.45, 7) is 8.14. The van der Waals surface area contributed by atoms with Gasteiger partial charge >= 0.3 is 0 Å². The van der Waals surface area contributed by atoms with Crippen molar-refractivity contribution < 1.29 is 13.8 Å². The molecule has 4 aromatic carbocycles. The smallest absolute Gasteiger partial charge is 0.171 e. The molecule has 0 radical (unpaired) electrons. The second-order valence-corrected chi connectivity index (χ2v) is 12.4. The average molecular weight is 727 g/mol. The molecule has 0 aliphatic heterocycles. The van der Waals surface area contributed by atoms with Gasteiger partial charge in [-0.1, -0.05) is 139 Å². The summed E-state index contributed by atoms with van der Waals surface area (Å²) >= 11 is 7.08. The van der Waals surface area contributed by atoms with Gasteiger partial charge in [-0.2, -0.15) is 0 Å². The maximum atomic E-state index is 6.45. The molecule has 6 rings (SSSR count). The van der Waals surface area contributed by atoms with E-state index < -0.39 is 0 Å². The normalized spacial score (nSPS) is 12.8. The molecule has 0 aliphatic carbocycles. The third-order valence-electron chi connectivity index (χ3n) is 8.37. The van der Waals surface area contributed by atoms with E-state index in [1.54, 1.807) is 0 Å². The lowest BCUT2D eigenvalue weighted by molar-refractivity contribution is 0.00588. The van der Waals surface area contributed by atoms with Crippen LogP contribution in [-0.4, -0.2) is 10.3 Å². The van der Waals surface area contributed by atoms with Gasteiger partial charge in [0.2, 0.25) is 0 Å². The molecule has 5 nitrogen and oxygen atoms in total. The Morgan fingerprint density at radius 2 is 0.800 bits per heavy atom. The average Bonchev–Trinajstić information content (AvgIpc) is 3.66. The largest absolute Gasteiger partial charge is 0.366 e. The van der Waals surface area contributed by atoms with Crippen molar-refractivity contribution >= 4 is 31.9 Å². The molecule has 0 saturated carbocycles. The van der Waals surface area contributed by atoms with Crippen molar-refractivity contribution in [2.75, 3.05) is 0 Å². The summed E-state index contributed by atoms with van der Waals surface area (Å²) in [5.74, 6) is 1.63. The van der Waals surface area contributed by atoms with Crippen LogP contribution in [0.15, 0.2) is 106 Å². The first-order valence-corrected chi connectivity index (χ1v) is 17.2. The van der Waals surface area contributed by atoms with E-state index in [4.69, 9.17) is 13.8 Å². The summed E-state index contributed by atoms with van der Waals surface area (Å²) in [4.78, 5) is 0. The molecule has 0 aliphatic rings. The zero-order valence-electron chi connectivity index (χ0n) is 25.7. The van der Waals surface area contributed by atoms with Crippen molar-refractivity contribution in [1.29, 1.82) is 0 Å². The lowest BCUT2D eigenvalue weighted by Gasteiger charge is -2.20. The van der Waals surface area contributed by atoms with Crippen LogP contribution in [0.2, 0.25) is 0 Å². The number of rotatable bonds is 10. The van der Waals surface area contributed by atoms with Gasteiger partial charge in [0, 0.05) is 32.9 Å². The fraction of sp³-hybridized carbons (Fsp3) is 0.211. The van der Waals surface area contributed by atoms with Gasteiger partial charge in [0.05, 0.1) is 23.6 Å². The Balaban J connectivity index is 1.08. The molecule has 0 N–H and O–H groups in total. The number of ether oxygens (including phenoxy) is 1. The highest BCUT2D eigenvalue weighted by Crippen LogP contribution is 2.33. The SMILES string of the molecule is Cc1noc(-c2ccc(-c3ccc(C(C)OC(C)c4ccc(-c5ccc(-c6onc(C)c6CBr)cc5)cc4)cc3)cc2)c1CBr. The number of alkyl halides is 2. The van der Waals surface area contributed by atoms with E-state index >= 15 is 0 Å². The Morgan fingerprint density at radius 3 is 1.11 bits per heavy atom. The van der Waals surface area contributed by atoms with Crippen molar-refractivity contribution in [2.24, 2.45) is 0 Å². The zero-order chi connectivity index (χ0) is 31.5. The quantitative estimate of drug-likeness (QED) is 0.132. The maximum Gasteiger partial charge on any atom is 0.171 e. The van der Waals surface area contributed by atoms with E-state index in [1.807, 2.05) is 13.8 Å².